The van der Waals surface area contributed by atoms with Gasteiger partial charge in [0.15, 0.2) is 5.82 Å². The topological polar surface area (TPSA) is 25.8 Å². The van der Waals surface area contributed by atoms with Crippen molar-refractivity contribution < 1.29 is 8.78 Å². The van der Waals surface area contributed by atoms with E-state index in [2.05, 4.69) is 9.97 Å². The van der Waals surface area contributed by atoms with Gasteiger partial charge < -0.3 is 0 Å². The molecule has 2 nitrogen and oxygen atoms in total. The molecule has 0 N–H and O–H groups in total. The standard InChI is InChI=1S/C23H24F2N2/c1-17-16-18(2)27-22(26-17)20-11-13-21(14-12-20)23(24,25)15-7-6-10-19-8-4-3-5-9-19/h3-5,8-9,11-14,16H,6-7,10,15H2,1-2H3. The smallest absolute Gasteiger partial charge is 0.233 e. The van der Waals surface area contributed by atoms with Gasteiger partial charge in [-0.1, -0.05) is 54.6 Å². The first-order valence-corrected chi connectivity index (χ1v) is 9.29. The maximum Gasteiger partial charge on any atom is 0.273 e. The summed E-state index contributed by atoms with van der Waals surface area (Å²) in [5.41, 5.74) is 3.73. The molecule has 140 valence electrons. The van der Waals surface area contributed by atoms with Gasteiger partial charge in [-0.15, -0.1) is 0 Å². The highest BCUT2D eigenvalue weighted by Crippen LogP contribution is 2.34. The van der Waals surface area contributed by atoms with Crippen molar-refractivity contribution in [2.75, 3.05) is 0 Å². The Morgan fingerprint density at radius 3 is 2.07 bits per heavy atom. The lowest BCUT2D eigenvalue weighted by Gasteiger charge is -2.17. The fraction of sp³-hybridized carbons (Fsp3) is 0.304. The molecule has 0 unspecified atom stereocenters. The molecule has 0 aliphatic heterocycles. The van der Waals surface area contributed by atoms with Gasteiger partial charge in [0.1, 0.15) is 0 Å². The van der Waals surface area contributed by atoms with E-state index in [1.807, 2.05) is 50.2 Å². The van der Waals surface area contributed by atoms with E-state index in [0.717, 1.165) is 29.8 Å². The molecular formula is C23H24F2N2. The lowest BCUT2D eigenvalue weighted by Crippen LogP contribution is -2.13. The molecule has 1 aromatic heterocycles. The number of rotatable bonds is 7. The molecule has 0 spiro atoms. The second kappa shape index (κ2) is 8.38. The Morgan fingerprint density at radius 1 is 0.815 bits per heavy atom. The monoisotopic (exact) mass is 366 g/mol. The van der Waals surface area contributed by atoms with Crippen LogP contribution in [0.25, 0.3) is 11.4 Å². The Balaban J connectivity index is 1.61. The van der Waals surface area contributed by atoms with Crippen molar-refractivity contribution in [2.24, 2.45) is 0 Å². The first kappa shape index (κ1) is 19.2. The number of hydrogen-bond donors (Lipinski definition) is 0. The molecule has 0 saturated heterocycles. The minimum atomic E-state index is -2.82. The SMILES string of the molecule is Cc1cc(C)nc(-c2ccc(C(F)(F)CCCCc3ccccc3)cc2)n1. The van der Waals surface area contributed by atoms with Crippen LogP contribution < -0.4 is 0 Å². The van der Waals surface area contributed by atoms with E-state index in [4.69, 9.17) is 0 Å². The predicted molar refractivity (Wildman–Crippen MR) is 105 cm³/mol. The molecule has 27 heavy (non-hydrogen) atoms. The Bertz CT molecular complexity index is 854. The van der Waals surface area contributed by atoms with Crippen LogP contribution >= 0.6 is 0 Å². The van der Waals surface area contributed by atoms with Crippen LogP contribution in [-0.2, 0) is 12.3 Å². The maximum absolute atomic E-state index is 14.5. The largest absolute Gasteiger partial charge is 0.273 e. The number of alkyl halides is 2. The second-order valence-corrected chi connectivity index (χ2v) is 6.95. The number of unbranched alkanes of at least 4 members (excludes halogenated alkanes) is 1. The average molecular weight is 366 g/mol. The van der Waals surface area contributed by atoms with Crippen LogP contribution in [0.1, 0.15) is 41.8 Å². The van der Waals surface area contributed by atoms with E-state index in [0.29, 0.717) is 12.2 Å². The van der Waals surface area contributed by atoms with E-state index >= 15 is 0 Å². The molecule has 4 heteroatoms. The van der Waals surface area contributed by atoms with Crippen molar-refractivity contribution in [3.05, 3.63) is 83.2 Å². The molecular weight excluding hydrogens is 342 g/mol. The molecule has 0 aliphatic carbocycles. The highest BCUT2D eigenvalue weighted by Gasteiger charge is 2.30. The van der Waals surface area contributed by atoms with E-state index in [-0.39, 0.29) is 12.0 Å². The molecule has 3 rings (SSSR count). The zero-order chi connectivity index (χ0) is 19.3. The highest BCUT2D eigenvalue weighted by molar-refractivity contribution is 5.56. The number of nitrogens with zero attached hydrogens (tertiary/aromatic N) is 2. The molecule has 2 aromatic carbocycles. The average Bonchev–Trinajstić information content (AvgIpc) is 2.65. The lowest BCUT2D eigenvalue weighted by molar-refractivity contribution is -0.0156. The van der Waals surface area contributed by atoms with Gasteiger partial charge in [-0.2, -0.15) is 0 Å². The number of hydrogen-bond acceptors (Lipinski definition) is 2. The van der Waals surface area contributed by atoms with E-state index < -0.39 is 5.92 Å². The summed E-state index contributed by atoms with van der Waals surface area (Å²) in [6.45, 7) is 3.80. The van der Waals surface area contributed by atoms with Gasteiger partial charge in [-0.25, -0.2) is 18.7 Å². The quantitative estimate of drug-likeness (QED) is 0.461. The van der Waals surface area contributed by atoms with Crippen molar-refractivity contribution in [1.82, 2.24) is 9.97 Å². The van der Waals surface area contributed by atoms with Crippen molar-refractivity contribution in [3.63, 3.8) is 0 Å². The van der Waals surface area contributed by atoms with Crippen molar-refractivity contribution in [3.8, 4) is 11.4 Å². The highest BCUT2D eigenvalue weighted by atomic mass is 19.3. The van der Waals surface area contributed by atoms with Gasteiger partial charge in [0.05, 0.1) is 0 Å². The van der Waals surface area contributed by atoms with Gasteiger partial charge in [0, 0.05) is 28.9 Å². The van der Waals surface area contributed by atoms with E-state index in [1.165, 1.54) is 17.7 Å². The van der Waals surface area contributed by atoms with Gasteiger partial charge in [0.2, 0.25) is 0 Å². The number of aryl methyl sites for hydroxylation is 3. The molecule has 0 radical (unpaired) electrons. The van der Waals surface area contributed by atoms with Crippen LogP contribution in [0, 0.1) is 13.8 Å². The Labute approximate surface area is 159 Å². The molecule has 0 bridgehead atoms. The molecule has 0 amide bonds. The van der Waals surface area contributed by atoms with Crippen LogP contribution in [0.5, 0.6) is 0 Å². The van der Waals surface area contributed by atoms with Crippen LogP contribution in [0.3, 0.4) is 0 Å². The molecule has 0 saturated carbocycles. The third-order valence-electron chi connectivity index (χ3n) is 4.60. The molecule has 0 fully saturated rings. The number of halogens is 2. The molecule has 1 heterocycles. The summed E-state index contributed by atoms with van der Waals surface area (Å²) in [6.07, 6.45) is 1.94. The van der Waals surface area contributed by atoms with Gasteiger partial charge in [0.25, 0.3) is 5.92 Å². The van der Waals surface area contributed by atoms with Crippen LogP contribution in [-0.4, -0.2) is 9.97 Å². The van der Waals surface area contributed by atoms with Gasteiger partial charge >= 0.3 is 0 Å². The fourth-order valence-electron chi connectivity index (χ4n) is 3.18. The van der Waals surface area contributed by atoms with Crippen LogP contribution in [0.2, 0.25) is 0 Å². The summed E-state index contributed by atoms with van der Waals surface area (Å²) in [5, 5.41) is 0. The maximum atomic E-state index is 14.5. The van der Waals surface area contributed by atoms with E-state index in [9.17, 15) is 8.78 Å². The zero-order valence-corrected chi connectivity index (χ0v) is 15.8. The summed E-state index contributed by atoms with van der Waals surface area (Å²) in [5.74, 6) is -2.25. The summed E-state index contributed by atoms with van der Waals surface area (Å²) >= 11 is 0. The molecule has 0 atom stereocenters. The summed E-state index contributed by atoms with van der Waals surface area (Å²) in [7, 11) is 0. The van der Waals surface area contributed by atoms with Gasteiger partial charge in [-0.3, -0.25) is 0 Å². The van der Waals surface area contributed by atoms with Crippen molar-refractivity contribution in [1.29, 1.82) is 0 Å². The normalized spacial score (nSPS) is 11.6. The van der Waals surface area contributed by atoms with Crippen LogP contribution in [0.15, 0.2) is 60.7 Å². The Morgan fingerprint density at radius 2 is 1.44 bits per heavy atom. The summed E-state index contributed by atoms with van der Waals surface area (Å²) in [4.78, 5) is 8.77. The second-order valence-electron chi connectivity index (χ2n) is 6.95. The first-order valence-electron chi connectivity index (χ1n) is 9.29. The van der Waals surface area contributed by atoms with E-state index in [1.54, 1.807) is 12.1 Å². The van der Waals surface area contributed by atoms with Gasteiger partial charge in [-0.05, 0) is 44.7 Å². The zero-order valence-electron chi connectivity index (χ0n) is 15.8. The third kappa shape index (κ3) is 5.19. The van der Waals surface area contributed by atoms with Crippen molar-refractivity contribution in [2.45, 2.75) is 45.5 Å². The van der Waals surface area contributed by atoms with Crippen LogP contribution in [0.4, 0.5) is 8.78 Å². The lowest BCUT2D eigenvalue weighted by atomic mass is 9.99. The minimum Gasteiger partial charge on any atom is -0.233 e. The molecule has 3 aromatic rings. The first-order chi connectivity index (χ1) is 12.9. The summed E-state index contributed by atoms with van der Waals surface area (Å²) in [6, 6.07) is 18.2. The predicted octanol–water partition coefficient (Wildman–Crippen LogP) is 6.27. The Hall–Kier alpha value is -2.62. The molecule has 0 aliphatic rings. The Kier molecular flexibility index (Phi) is 5.94. The summed E-state index contributed by atoms with van der Waals surface area (Å²) < 4.78 is 29.0. The van der Waals surface area contributed by atoms with Crippen molar-refractivity contribution >= 4 is 0 Å². The number of benzene rings is 2. The third-order valence-corrected chi connectivity index (χ3v) is 4.60. The minimum absolute atomic E-state index is 0.0512. The number of aromatic nitrogens is 2. The fourth-order valence-corrected chi connectivity index (χ4v) is 3.18.